The van der Waals surface area contributed by atoms with Crippen molar-refractivity contribution >= 4 is 18.3 Å². The summed E-state index contributed by atoms with van der Waals surface area (Å²) in [5.74, 6) is 0.315. The number of aromatic nitrogens is 1. The molecular formula is C38H60N4O8. The zero-order valence-corrected chi connectivity index (χ0v) is 31.9. The highest BCUT2D eigenvalue weighted by Gasteiger charge is 2.24. The van der Waals surface area contributed by atoms with Crippen LogP contribution in [0.3, 0.4) is 0 Å². The Balaban J connectivity index is 2.00. The van der Waals surface area contributed by atoms with Gasteiger partial charge in [-0.1, -0.05) is 30.3 Å². The highest BCUT2D eigenvalue weighted by molar-refractivity contribution is 5.69. The van der Waals surface area contributed by atoms with Crippen LogP contribution in [0, 0.1) is 6.92 Å². The SMILES string of the molecule is Cc1c(OCc2ccccc2)c(=O)ccn1CCCN(CCCCN(CCCNC(=O)OC(C)(C)C)C(=O)OC(C)(C)C)C(=O)OC(C)(C)C. The number of hydrogen-bond donors (Lipinski definition) is 1. The molecule has 0 radical (unpaired) electrons. The summed E-state index contributed by atoms with van der Waals surface area (Å²) < 4.78 is 24.5. The number of hydrogen-bond acceptors (Lipinski definition) is 8. The number of carbonyl (C=O) groups excluding carboxylic acids is 3. The Kier molecular flexibility index (Phi) is 16.1. The second-order valence-corrected chi connectivity index (χ2v) is 15.3. The van der Waals surface area contributed by atoms with Crippen LogP contribution in [0.4, 0.5) is 14.4 Å². The Morgan fingerprint density at radius 3 is 1.72 bits per heavy atom. The van der Waals surface area contributed by atoms with Gasteiger partial charge >= 0.3 is 18.3 Å². The number of nitrogens with one attached hydrogen (secondary N) is 1. The summed E-state index contributed by atoms with van der Waals surface area (Å²) in [5, 5.41) is 2.73. The largest absolute Gasteiger partial charge is 0.483 e. The van der Waals surface area contributed by atoms with Gasteiger partial charge in [0.2, 0.25) is 5.43 Å². The van der Waals surface area contributed by atoms with E-state index in [9.17, 15) is 19.2 Å². The van der Waals surface area contributed by atoms with Gasteiger partial charge in [0, 0.05) is 51.5 Å². The predicted octanol–water partition coefficient (Wildman–Crippen LogP) is 7.30. The Bertz CT molecular complexity index is 1420. The normalized spacial score (nSPS) is 11.8. The summed E-state index contributed by atoms with van der Waals surface area (Å²) >= 11 is 0. The molecule has 1 heterocycles. The van der Waals surface area contributed by atoms with Crippen molar-refractivity contribution in [2.75, 3.05) is 32.7 Å². The summed E-state index contributed by atoms with van der Waals surface area (Å²) in [6, 6.07) is 11.2. The lowest BCUT2D eigenvalue weighted by atomic mass is 10.2. The molecule has 280 valence electrons. The van der Waals surface area contributed by atoms with Crippen molar-refractivity contribution in [1.29, 1.82) is 0 Å². The van der Waals surface area contributed by atoms with Crippen molar-refractivity contribution in [2.24, 2.45) is 0 Å². The molecule has 0 aliphatic rings. The summed E-state index contributed by atoms with van der Waals surface area (Å²) in [4.78, 5) is 54.2. The van der Waals surface area contributed by atoms with Gasteiger partial charge < -0.3 is 38.6 Å². The van der Waals surface area contributed by atoms with Gasteiger partial charge in [-0.25, -0.2) is 14.4 Å². The third kappa shape index (κ3) is 16.9. The number of nitrogens with zero attached hydrogens (tertiary/aromatic N) is 3. The Hall–Kier alpha value is -4.22. The predicted molar refractivity (Wildman–Crippen MR) is 195 cm³/mol. The molecule has 12 nitrogen and oxygen atoms in total. The van der Waals surface area contributed by atoms with E-state index in [1.807, 2.05) is 83.4 Å². The van der Waals surface area contributed by atoms with E-state index in [-0.39, 0.29) is 5.43 Å². The fourth-order valence-electron chi connectivity index (χ4n) is 4.85. The number of pyridine rings is 1. The molecule has 50 heavy (non-hydrogen) atoms. The molecule has 0 aliphatic heterocycles. The van der Waals surface area contributed by atoms with Crippen LogP contribution in [0.25, 0.3) is 0 Å². The third-order valence-electron chi connectivity index (χ3n) is 7.12. The molecule has 2 aromatic rings. The van der Waals surface area contributed by atoms with Crippen molar-refractivity contribution in [2.45, 2.75) is 125 Å². The van der Waals surface area contributed by atoms with E-state index < -0.39 is 35.1 Å². The first-order valence-corrected chi connectivity index (χ1v) is 17.5. The maximum absolute atomic E-state index is 13.2. The van der Waals surface area contributed by atoms with Gasteiger partial charge in [0.1, 0.15) is 23.4 Å². The number of benzene rings is 1. The average molecular weight is 701 g/mol. The van der Waals surface area contributed by atoms with Crippen LogP contribution in [0.15, 0.2) is 47.4 Å². The van der Waals surface area contributed by atoms with E-state index in [2.05, 4.69) is 5.32 Å². The zero-order valence-electron chi connectivity index (χ0n) is 31.9. The molecule has 0 bridgehead atoms. The molecule has 0 atom stereocenters. The quantitative estimate of drug-likeness (QED) is 0.143. The van der Waals surface area contributed by atoms with E-state index in [1.165, 1.54) is 6.07 Å². The molecule has 0 aliphatic carbocycles. The number of carbonyl (C=O) groups is 3. The fraction of sp³-hybridized carbons (Fsp3) is 0.632. The van der Waals surface area contributed by atoms with Crippen LogP contribution >= 0.6 is 0 Å². The van der Waals surface area contributed by atoms with Gasteiger partial charge in [-0.05, 0) is 100 Å². The molecule has 1 N–H and O–H groups in total. The molecule has 0 fully saturated rings. The second kappa shape index (κ2) is 19.2. The molecular weight excluding hydrogens is 640 g/mol. The first-order chi connectivity index (χ1) is 23.2. The topological polar surface area (TPSA) is 129 Å². The van der Waals surface area contributed by atoms with Crippen molar-refractivity contribution < 1.29 is 33.3 Å². The van der Waals surface area contributed by atoms with Crippen molar-refractivity contribution in [1.82, 2.24) is 19.7 Å². The second-order valence-electron chi connectivity index (χ2n) is 15.3. The number of ether oxygens (including phenoxy) is 4. The third-order valence-corrected chi connectivity index (χ3v) is 7.12. The molecule has 0 saturated heterocycles. The first kappa shape index (κ1) is 41.9. The Morgan fingerprint density at radius 2 is 1.20 bits per heavy atom. The van der Waals surface area contributed by atoms with Gasteiger partial charge in [-0.2, -0.15) is 0 Å². The molecule has 0 spiro atoms. The number of rotatable bonds is 16. The van der Waals surface area contributed by atoms with Crippen LogP contribution in [-0.2, 0) is 27.4 Å². The van der Waals surface area contributed by atoms with Crippen LogP contribution in [0.1, 0.15) is 99.3 Å². The molecule has 1 aromatic heterocycles. The standard InChI is InChI=1S/C38H60N4O8/c1-29-32(47-28-30-18-12-11-13-19-30)31(43)20-27-40(29)25-17-26-42(35(46)50-38(8,9)10)23-15-14-22-41(34(45)49-37(5,6)7)24-16-21-39-33(44)48-36(2,3)4/h11-13,18-20,27H,14-17,21-26,28H2,1-10H3,(H,39,44). The van der Waals surface area contributed by atoms with Crippen LogP contribution < -0.4 is 15.5 Å². The fourth-order valence-corrected chi connectivity index (χ4v) is 4.85. The van der Waals surface area contributed by atoms with Gasteiger partial charge in [0.25, 0.3) is 0 Å². The Morgan fingerprint density at radius 1 is 0.700 bits per heavy atom. The summed E-state index contributed by atoms with van der Waals surface area (Å²) in [5.41, 5.74) is -0.389. The van der Waals surface area contributed by atoms with E-state index in [4.69, 9.17) is 18.9 Å². The molecule has 1 aromatic carbocycles. The van der Waals surface area contributed by atoms with Gasteiger partial charge in [-0.15, -0.1) is 0 Å². The maximum Gasteiger partial charge on any atom is 0.410 e. The molecule has 0 unspecified atom stereocenters. The van der Waals surface area contributed by atoms with Crippen LogP contribution in [-0.4, -0.2) is 82.2 Å². The van der Waals surface area contributed by atoms with Crippen molar-refractivity contribution in [3.05, 3.63) is 64.1 Å². The van der Waals surface area contributed by atoms with Crippen molar-refractivity contribution in [3.8, 4) is 5.75 Å². The zero-order chi connectivity index (χ0) is 37.5. The minimum atomic E-state index is -0.656. The summed E-state index contributed by atoms with van der Waals surface area (Å²) in [7, 11) is 0. The summed E-state index contributed by atoms with van der Waals surface area (Å²) in [6.07, 6.45) is 2.81. The lowest BCUT2D eigenvalue weighted by Gasteiger charge is -2.29. The minimum Gasteiger partial charge on any atom is -0.483 e. The minimum absolute atomic E-state index is 0.176. The molecule has 3 amide bonds. The number of alkyl carbamates (subject to hydrolysis) is 1. The number of aryl methyl sites for hydroxylation is 1. The highest BCUT2D eigenvalue weighted by atomic mass is 16.6. The lowest BCUT2D eigenvalue weighted by Crippen LogP contribution is -2.40. The van der Waals surface area contributed by atoms with Crippen LogP contribution in [0.2, 0.25) is 0 Å². The smallest absolute Gasteiger partial charge is 0.410 e. The van der Waals surface area contributed by atoms with Crippen LogP contribution in [0.5, 0.6) is 5.75 Å². The lowest BCUT2D eigenvalue weighted by molar-refractivity contribution is 0.0206. The van der Waals surface area contributed by atoms with Gasteiger partial charge in [-0.3, -0.25) is 4.79 Å². The number of unbranched alkanes of at least 4 members (excludes halogenated alkanes) is 1. The first-order valence-electron chi connectivity index (χ1n) is 17.5. The molecule has 12 heteroatoms. The van der Waals surface area contributed by atoms with Gasteiger partial charge in [0.05, 0.1) is 5.69 Å². The number of amides is 3. The van der Waals surface area contributed by atoms with Gasteiger partial charge in [0.15, 0.2) is 5.75 Å². The maximum atomic E-state index is 13.2. The highest BCUT2D eigenvalue weighted by Crippen LogP contribution is 2.17. The Labute approximate surface area is 298 Å². The molecule has 2 rings (SSSR count). The summed E-state index contributed by atoms with van der Waals surface area (Å²) in [6.45, 7) is 21.1. The monoisotopic (exact) mass is 700 g/mol. The van der Waals surface area contributed by atoms with E-state index in [0.29, 0.717) is 77.3 Å². The van der Waals surface area contributed by atoms with Crippen molar-refractivity contribution in [3.63, 3.8) is 0 Å². The van der Waals surface area contributed by atoms with E-state index in [0.717, 1.165) is 11.3 Å². The average Bonchev–Trinajstić information content (AvgIpc) is 2.98. The van der Waals surface area contributed by atoms with E-state index >= 15 is 0 Å². The van der Waals surface area contributed by atoms with E-state index in [1.54, 1.807) is 36.8 Å². The molecule has 0 saturated carbocycles.